The second-order valence-corrected chi connectivity index (χ2v) is 5.11. The Kier molecular flexibility index (Phi) is 4.51. The molecule has 0 spiro atoms. The van der Waals surface area contributed by atoms with Gasteiger partial charge in [-0.2, -0.15) is 23.3 Å². The third-order valence-electron chi connectivity index (χ3n) is 3.35. The zero-order chi connectivity index (χ0) is 17.3. The molecule has 0 aliphatic carbocycles. The van der Waals surface area contributed by atoms with Crippen LogP contribution >= 0.6 is 0 Å². The number of methoxy groups -OCH3 is 1. The number of alkyl halides is 3. The number of carbonyl (C=O) groups excluding carboxylic acids is 1. The lowest BCUT2D eigenvalue weighted by Gasteiger charge is -2.32. The van der Waals surface area contributed by atoms with E-state index < -0.39 is 30.8 Å². The van der Waals surface area contributed by atoms with Crippen molar-refractivity contribution in [3.63, 3.8) is 0 Å². The minimum Gasteiger partial charge on any atom is -0.497 e. The third-order valence-corrected chi connectivity index (χ3v) is 3.35. The molecule has 2 N–H and O–H groups in total. The summed E-state index contributed by atoms with van der Waals surface area (Å²) >= 11 is 0. The summed E-state index contributed by atoms with van der Waals surface area (Å²) in [6, 6.07) is 6.50. The van der Waals surface area contributed by atoms with Gasteiger partial charge in [0.2, 0.25) is 0 Å². The van der Waals surface area contributed by atoms with Gasteiger partial charge in [0, 0.05) is 17.8 Å². The second-order valence-electron chi connectivity index (χ2n) is 5.11. The lowest BCUT2D eigenvalue weighted by Crippen LogP contribution is -2.57. The first-order chi connectivity index (χ1) is 10.7. The summed E-state index contributed by atoms with van der Waals surface area (Å²) in [5, 5.41) is 16.1. The Bertz CT molecular complexity index is 616. The van der Waals surface area contributed by atoms with Gasteiger partial charge in [0.15, 0.2) is 0 Å². The van der Waals surface area contributed by atoms with Gasteiger partial charge in [-0.25, -0.2) is 0 Å². The van der Waals surface area contributed by atoms with Crippen LogP contribution in [0.2, 0.25) is 0 Å². The standard InChI is InChI=1S/C14H16F3N3O3/c1-9-7-13(22,14(15,16)17)20(19-9)12(21)8-18-10-3-5-11(23-2)6-4-10/h3-6,18,22H,7-8H2,1-2H3/t13-/m1/s1. The monoisotopic (exact) mass is 331 g/mol. The molecule has 23 heavy (non-hydrogen) atoms. The van der Waals surface area contributed by atoms with Gasteiger partial charge in [-0.05, 0) is 31.2 Å². The van der Waals surface area contributed by atoms with Crippen LogP contribution in [0, 0.1) is 0 Å². The molecule has 1 heterocycles. The van der Waals surface area contributed by atoms with Crippen LogP contribution in [-0.4, -0.2) is 47.3 Å². The first-order valence-corrected chi connectivity index (χ1v) is 6.71. The third kappa shape index (κ3) is 3.39. The van der Waals surface area contributed by atoms with Gasteiger partial charge < -0.3 is 15.2 Å². The maximum atomic E-state index is 13.0. The molecule has 0 aromatic heterocycles. The second kappa shape index (κ2) is 6.07. The highest BCUT2D eigenvalue weighted by Crippen LogP contribution is 2.40. The van der Waals surface area contributed by atoms with Crippen LogP contribution in [0.5, 0.6) is 5.75 Å². The lowest BCUT2D eigenvalue weighted by atomic mass is 10.1. The average molecular weight is 331 g/mol. The molecule has 0 saturated carbocycles. The molecule has 6 nitrogen and oxygen atoms in total. The summed E-state index contributed by atoms with van der Waals surface area (Å²) in [6.45, 7) is 0.877. The summed E-state index contributed by atoms with van der Waals surface area (Å²) in [6.07, 6.45) is -5.76. The van der Waals surface area contributed by atoms with E-state index in [1.807, 2.05) is 0 Å². The average Bonchev–Trinajstić information content (AvgIpc) is 2.81. The number of hydrazone groups is 1. The topological polar surface area (TPSA) is 74.2 Å². The number of anilines is 1. The van der Waals surface area contributed by atoms with Crippen LogP contribution in [0.25, 0.3) is 0 Å². The predicted octanol–water partition coefficient (Wildman–Crippen LogP) is 1.97. The fourth-order valence-corrected chi connectivity index (χ4v) is 2.16. The van der Waals surface area contributed by atoms with Crippen LogP contribution < -0.4 is 10.1 Å². The molecule has 0 bridgehead atoms. The SMILES string of the molecule is COc1ccc(NCC(=O)N2N=C(C)C[C@@]2(O)C(F)(F)F)cc1. The van der Waals surface area contributed by atoms with Gasteiger partial charge in [-0.1, -0.05) is 0 Å². The van der Waals surface area contributed by atoms with Crippen LogP contribution in [0.1, 0.15) is 13.3 Å². The van der Waals surface area contributed by atoms with Gasteiger partial charge in [-0.3, -0.25) is 4.79 Å². The first-order valence-electron chi connectivity index (χ1n) is 6.71. The molecule has 1 atom stereocenters. The number of halogens is 3. The van der Waals surface area contributed by atoms with E-state index in [4.69, 9.17) is 4.74 Å². The van der Waals surface area contributed by atoms with E-state index in [0.29, 0.717) is 11.4 Å². The quantitative estimate of drug-likeness (QED) is 0.885. The van der Waals surface area contributed by atoms with Gasteiger partial charge in [0.1, 0.15) is 5.75 Å². The number of ether oxygens (including phenoxy) is 1. The highest BCUT2D eigenvalue weighted by molar-refractivity contribution is 5.90. The van der Waals surface area contributed by atoms with E-state index in [1.54, 1.807) is 24.3 Å². The highest BCUT2D eigenvalue weighted by Gasteiger charge is 2.62. The molecule has 0 saturated heterocycles. The van der Waals surface area contributed by atoms with Crippen molar-refractivity contribution in [3.8, 4) is 5.75 Å². The van der Waals surface area contributed by atoms with Gasteiger partial charge in [0.05, 0.1) is 13.7 Å². The number of carbonyl (C=O) groups is 1. The normalized spacial score (nSPS) is 21.1. The predicted molar refractivity (Wildman–Crippen MR) is 77.1 cm³/mol. The van der Waals surface area contributed by atoms with E-state index in [0.717, 1.165) is 0 Å². The summed E-state index contributed by atoms with van der Waals surface area (Å²) in [5.41, 5.74) is -2.74. The Morgan fingerprint density at radius 2 is 2.04 bits per heavy atom. The molecule has 1 aliphatic rings. The highest BCUT2D eigenvalue weighted by atomic mass is 19.4. The maximum absolute atomic E-state index is 13.0. The van der Waals surface area contributed by atoms with Crippen molar-refractivity contribution in [2.75, 3.05) is 19.0 Å². The maximum Gasteiger partial charge on any atom is 0.438 e. The zero-order valence-corrected chi connectivity index (χ0v) is 12.5. The largest absolute Gasteiger partial charge is 0.497 e. The van der Waals surface area contributed by atoms with Gasteiger partial charge in [0.25, 0.3) is 11.6 Å². The van der Waals surface area contributed by atoms with Crippen molar-refractivity contribution in [2.24, 2.45) is 5.10 Å². The number of nitrogens with zero attached hydrogens (tertiary/aromatic N) is 2. The fourth-order valence-electron chi connectivity index (χ4n) is 2.16. The number of aliphatic hydroxyl groups is 1. The number of amides is 1. The zero-order valence-electron chi connectivity index (χ0n) is 12.5. The molecular weight excluding hydrogens is 315 g/mol. The molecule has 9 heteroatoms. The summed E-state index contributed by atoms with van der Waals surface area (Å²) in [7, 11) is 1.50. The Morgan fingerprint density at radius 3 is 2.57 bits per heavy atom. The Morgan fingerprint density at radius 1 is 1.43 bits per heavy atom. The molecule has 126 valence electrons. The van der Waals surface area contributed by atoms with Crippen molar-refractivity contribution < 1.29 is 27.8 Å². The molecule has 1 aromatic rings. The molecule has 0 unspecified atom stereocenters. The van der Waals surface area contributed by atoms with Crippen molar-refractivity contribution in [3.05, 3.63) is 24.3 Å². The molecule has 1 amide bonds. The number of nitrogens with one attached hydrogen (secondary N) is 1. The minimum absolute atomic E-state index is 0.0302. The van der Waals surface area contributed by atoms with Crippen molar-refractivity contribution in [1.29, 1.82) is 0 Å². The van der Waals surface area contributed by atoms with Crippen LogP contribution in [0.4, 0.5) is 18.9 Å². The van der Waals surface area contributed by atoms with Crippen LogP contribution in [-0.2, 0) is 4.79 Å². The van der Waals surface area contributed by atoms with E-state index in [1.165, 1.54) is 14.0 Å². The van der Waals surface area contributed by atoms with Crippen molar-refractivity contribution >= 4 is 17.3 Å². The van der Waals surface area contributed by atoms with E-state index in [-0.39, 0.29) is 10.7 Å². The Balaban J connectivity index is 2.06. The molecular formula is C14H16F3N3O3. The smallest absolute Gasteiger partial charge is 0.438 e. The molecule has 1 aliphatic heterocycles. The summed E-state index contributed by atoms with van der Waals surface area (Å²) in [4.78, 5) is 12.0. The Labute approximate surface area is 130 Å². The molecule has 0 fully saturated rings. The van der Waals surface area contributed by atoms with Crippen molar-refractivity contribution in [1.82, 2.24) is 5.01 Å². The van der Waals surface area contributed by atoms with E-state index in [9.17, 15) is 23.1 Å². The molecule has 0 radical (unpaired) electrons. The van der Waals surface area contributed by atoms with Crippen molar-refractivity contribution in [2.45, 2.75) is 25.2 Å². The van der Waals surface area contributed by atoms with Gasteiger partial charge >= 0.3 is 6.18 Å². The summed E-state index contributed by atoms with van der Waals surface area (Å²) < 4.78 is 44.0. The van der Waals surface area contributed by atoms with E-state index >= 15 is 0 Å². The van der Waals surface area contributed by atoms with E-state index in [2.05, 4.69) is 10.4 Å². The molecule has 2 rings (SSSR count). The lowest BCUT2D eigenvalue weighted by molar-refractivity contribution is -0.302. The minimum atomic E-state index is -5.00. The number of rotatable bonds is 4. The van der Waals surface area contributed by atoms with Crippen LogP contribution in [0.15, 0.2) is 29.4 Å². The number of hydrogen-bond acceptors (Lipinski definition) is 5. The Hall–Kier alpha value is -2.29. The molecule has 1 aromatic carbocycles. The summed E-state index contributed by atoms with van der Waals surface area (Å²) in [5.74, 6) is -0.384. The van der Waals surface area contributed by atoms with Gasteiger partial charge in [-0.15, -0.1) is 0 Å². The van der Waals surface area contributed by atoms with Crippen LogP contribution in [0.3, 0.4) is 0 Å². The number of benzene rings is 1. The first kappa shape index (κ1) is 17.1. The number of hydrogen-bond donors (Lipinski definition) is 2. The fraction of sp³-hybridized carbons (Fsp3) is 0.429.